The van der Waals surface area contributed by atoms with Gasteiger partial charge in [-0.3, -0.25) is 0 Å². The molecule has 0 bridgehead atoms. The van der Waals surface area contributed by atoms with Crippen LogP contribution in [-0.2, 0) is 15.3 Å². The zero-order valence-electron chi connectivity index (χ0n) is 18.2. The monoisotopic (exact) mass is 450 g/mol. The fraction of sp³-hybridized carbons (Fsp3) is 0.261. The van der Waals surface area contributed by atoms with E-state index in [-0.39, 0.29) is 17.7 Å². The van der Waals surface area contributed by atoms with Gasteiger partial charge in [-0.15, -0.1) is 0 Å². The van der Waals surface area contributed by atoms with Gasteiger partial charge in [-0.25, -0.2) is 4.79 Å². The van der Waals surface area contributed by atoms with Crippen molar-refractivity contribution >= 4 is 18.0 Å². The van der Waals surface area contributed by atoms with Crippen molar-refractivity contribution in [2.45, 2.75) is 18.2 Å². The summed E-state index contributed by atoms with van der Waals surface area (Å²) in [5, 5.41) is 18.2. The summed E-state index contributed by atoms with van der Waals surface area (Å²) in [4.78, 5) is 17.3. The Kier molecular flexibility index (Phi) is 4.85. The number of hydrogen-bond donors (Lipinski definition) is 2. The molecular formula is C23H22N4O6. The van der Waals surface area contributed by atoms with Gasteiger partial charge >= 0.3 is 5.97 Å². The molecule has 3 aromatic rings. The van der Waals surface area contributed by atoms with Crippen LogP contribution in [0, 0.1) is 0 Å². The average molecular weight is 450 g/mol. The first-order valence-electron chi connectivity index (χ1n) is 10.2. The highest BCUT2D eigenvalue weighted by Crippen LogP contribution is 2.49. The first-order chi connectivity index (χ1) is 16.0. The second kappa shape index (κ2) is 7.73. The number of fused-ring (bicyclic) bond motifs is 3. The minimum atomic E-state index is -1.37. The van der Waals surface area contributed by atoms with Crippen molar-refractivity contribution in [2.24, 2.45) is 0 Å². The number of aromatic hydroxyl groups is 1. The van der Waals surface area contributed by atoms with E-state index in [1.165, 1.54) is 18.1 Å². The molecule has 5 rings (SSSR count). The van der Waals surface area contributed by atoms with Crippen LogP contribution in [0.2, 0.25) is 0 Å². The summed E-state index contributed by atoms with van der Waals surface area (Å²) < 4.78 is 23.8. The number of carbonyl (C=O) groups excluding carboxylic acids is 1. The lowest BCUT2D eigenvalue weighted by atomic mass is 9.86. The molecule has 0 amide bonds. The highest BCUT2D eigenvalue weighted by Gasteiger charge is 2.52. The van der Waals surface area contributed by atoms with E-state index in [2.05, 4.69) is 15.4 Å². The number of esters is 1. The molecule has 33 heavy (non-hydrogen) atoms. The summed E-state index contributed by atoms with van der Waals surface area (Å²) in [6.07, 6.45) is 3.29. The molecular weight excluding hydrogens is 428 g/mol. The van der Waals surface area contributed by atoms with E-state index in [0.717, 1.165) is 0 Å². The Morgan fingerprint density at radius 3 is 2.70 bits per heavy atom. The predicted molar refractivity (Wildman–Crippen MR) is 117 cm³/mol. The lowest BCUT2D eigenvalue weighted by molar-refractivity contribution is -0.140. The molecule has 10 nitrogen and oxygen atoms in total. The maximum Gasteiger partial charge on any atom is 0.339 e. The number of aromatic nitrogens is 3. The minimum Gasteiger partial charge on any atom is -0.508 e. The van der Waals surface area contributed by atoms with Gasteiger partial charge in [-0.05, 0) is 42.5 Å². The number of ether oxygens (including phenoxy) is 4. The van der Waals surface area contributed by atoms with Gasteiger partial charge in [0.1, 0.15) is 34.9 Å². The van der Waals surface area contributed by atoms with E-state index in [9.17, 15) is 9.90 Å². The molecule has 0 aliphatic carbocycles. The number of benzene rings is 2. The van der Waals surface area contributed by atoms with Gasteiger partial charge in [-0.2, -0.15) is 14.8 Å². The molecule has 2 aliphatic heterocycles. The van der Waals surface area contributed by atoms with Crippen LogP contribution >= 0.6 is 0 Å². The van der Waals surface area contributed by atoms with Crippen LogP contribution in [0.1, 0.15) is 23.6 Å². The number of anilines is 1. The Bertz CT molecular complexity index is 1270. The SMILES string of the molecule is COC(=O)C1=Cc2cc(OC)ccc2O[C@@]12C[C@@H](c1cc(OC)ccc1O)Nc1ncnn12. The van der Waals surface area contributed by atoms with E-state index < -0.39 is 17.7 Å². The molecule has 1 aromatic heterocycles. The molecule has 0 saturated heterocycles. The van der Waals surface area contributed by atoms with Crippen molar-refractivity contribution < 1.29 is 28.8 Å². The first kappa shape index (κ1) is 20.7. The summed E-state index contributed by atoms with van der Waals surface area (Å²) in [5.41, 5.74) is 0.107. The minimum absolute atomic E-state index is 0.0703. The zero-order chi connectivity index (χ0) is 23.2. The summed E-state index contributed by atoms with van der Waals surface area (Å²) >= 11 is 0. The molecule has 0 fully saturated rings. The second-order valence-electron chi connectivity index (χ2n) is 7.66. The molecule has 170 valence electrons. The third-order valence-corrected chi connectivity index (χ3v) is 5.91. The van der Waals surface area contributed by atoms with Crippen molar-refractivity contribution in [3.8, 4) is 23.0 Å². The zero-order valence-corrected chi connectivity index (χ0v) is 18.2. The summed E-state index contributed by atoms with van der Waals surface area (Å²) in [6.45, 7) is 0. The molecule has 1 spiro atoms. The highest BCUT2D eigenvalue weighted by molar-refractivity contribution is 5.97. The molecule has 10 heteroatoms. The Labute approximate surface area is 189 Å². The Hall–Kier alpha value is -4.21. The molecule has 0 saturated carbocycles. The smallest absolute Gasteiger partial charge is 0.339 e. The normalized spacial score (nSPS) is 20.6. The summed E-state index contributed by atoms with van der Waals surface area (Å²) in [5.74, 6) is 1.62. The molecule has 0 unspecified atom stereocenters. The topological polar surface area (TPSA) is 117 Å². The fourth-order valence-corrected chi connectivity index (χ4v) is 4.30. The van der Waals surface area contributed by atoms with Crippen molar-refractivity contribution in [2.75, 3.05) is 26.6 Å². The van der Waals surface area contributed by atoms with Gasteiger partial charge in [0.05, 0.1) is 27.4 Å². The average Bonchev–Trinajstić information content (AvgIpc) is 3.33. The molecule has 3 heterocycles. The van der Waals surface area contributed by atoms with Crippen LogP contribution in [0.25, 0.3) is 6.08 Å². The van der Waals surface area contributed by atoms with Crippen molar-refractivity contribution in [1.82, 2.24) is 14.8 Å². The van der Waals surface area contributed by atoms with Gasteiger partial charge in [-0.1, -0.05) is 0 Å². The van der Waals surface area contributed by atoms with Gasteiger partial charge < -0.3 is 29.4 Å². The summed E-state index contributed by atoms with van der Waals surface area (Å²) in [7, 11) is 4.43. The number of nitrogens with one attached hydrogen (secondary N) is 1. The number of nitrogens with zero attached hydrogens (tertiary/aromatic N) is 3. The molecule has 2 N–H and O–H groups in total. The standard InChI is InChI=1S/C23H22N4O6/c1-30-14-5-7-20-13(8-14)9-17(21(29)32-3)23(33-20)11-18(26-22-24-12-25-27(22)23)16-10-15(31-2)4-6-19(16)28/h4-10,12,18,28H,11H2,1-3H3,(H,24,25,26)/t18-,23-/m0/s1. The maximum atomic E-state index is 13.0. The second-order valence-corrected chi connectivity index (χ2v) is 7.66. The predicted octanol–water partition coefficient (Wildman–Crippen LogP) is 2.86. The van der Waals surface area contributed by atoms with E-state index in [1.807, 2.05) is 0 Å². The number of methoxy groups -OCH3 is 3. The van der Waals surface area contributed by atoms with Crippen LogP contribution in [0.15, 0.2) is 48.3 Å². The number of hydrogen-bond acceptors (Lipinski definition) is 9. The number of rotatable bonds is 4. The number of carbonyl (C=O) groups is 1. The molecule has 2 aromatic carbocycles. The van der Waals surface area contributed by atoms with Crippen LogP contribution < -0.4 is 19.5 Å². The lowest BCUT2D eigenvalue weighted by Crippen LogP contribution is -2.51. The van der Waals surface area contributed by atoms with E-state index in [4.69, 9.17) is 18.9 Å². The lowest BCUT2D eigenvalue weighted by Gasteiger charge is -2.44. The van der Waals surface area contributed by atoms with Crippen LogP contribution in [0.4, 0.5) is 5.95 Å². The summed E-state index contributed by atoms with van der Waals surface area (Å²) in [6, 6.07) is 9.80. The number of phenols is 1. The molecule has 2 atom stereocenters. The van der Waals surface area contributed by atoms with Gasteiger partial charge in [0.2, 0.25) is 11.7 Å². The van der Waals surface area contributed by atoms with Gasteiger partial charge in [0.25, 0.3) is 0 Å². The van der Waals surface area contributed by atoms with Crippen LogP contribution in [0.3, 0.4) is 0 Å². The van der Waals surface area contributed by atoms with E-state index >= 15 is 0 Å². The third kappa shape index (κ3) is 3.22. The highest BCUT2D eigenvalue weighted by atomic mass is 16.5. The number of phenolic OH excluding ortho intramolecular Hbond substituents is 1. The van der Waals surface area contributed by atoms with Gasteiger partial charge in [0.15, 0.2) is 0 Å². The quantitative estimate of drug-likeness (QED) is 0.579. The Morgan fingerprint density at radius 2 is 1.94 bits per heavy atom. The van der Waals surface area contributed by atoms with Crippen LogP contribution in [0.5, 0.6) is 23.0 Å². The molecule has 0 radical (unpaired) electrons. The van der Waals surface area contributed by atoms with Crippen LogP contribution in [-0.4, -0.2) is 47.2 Å². The largest absolute Gasteiger partial charge is 0.508 e. The Balaban J connectivity index is 1.69. The fourth-order valence-electron chi connectivity index (χ4n) is 4.30. The van der Waals surface area contributed by atoms with E-state index in [0.29, 0.717) is 34.3 Å². The Morgan fingerprint density at radius 1 is 1.18 bits per heavy atom. The maximum absolute atomic E-state index is 13.0. The van der Waals surface area contributed by atoms with Gasteiger partial charge in [0, 0.05) is 17.5 Å². The van der Waals surface area contributed by atoms with Crippen molar-refractivity contribution in [3.63, 3.8) is 0 Å². The third-order valence-electron chi connectivity index (χ3n) is 5.91. The van der Waals surface area contributed by atoms with E-state index in [1.54, 1.807) is 56.7 Å². The molecule has 2 aliphatic rings. The first-order valence-corrected chi connectivity index (χ1v) is 10.2. The van der Waals surface area contributed by atoms with Crippen molar-refractivity contribution in [3.05, 3.63) is 59.4 Å². The van der Waals surface area contributed by atoms with Crippen molar-refractivity contribution in [1.29, 1.82) is 0 Å².